The highest BCUT2D eigenvalue weighted by Crippen LogP contribution is 2.22. The fourth-order valence-electron chi connectivity index (χ4n) is 1.30. The van der Waals surface area contributed by atoms with Gasteiger partial charge in [-0.1, -0.05) is 18.7 Å². The standard InChI is InChI=1S/C9H14N8OS/c1-6(2-3-18)19-9-14-7(16-10)13-8(15-9)17-5-11-4-12-17/h4-6,18H,2-3,10H2,1H3,(H,13,14,15,16). The molecule has 2 aromatic heterocycles. The van der Waals surface area contributed by atoms with Crippen molar-refractivity contribution in [3.63, 3.8) is 0 Å². The van der Waals surface area contributed by atoms with E-state index < -0.39 is 0 Å². The Labute approximate surface area is 113 Å². The summed E-state index contributed by atoms with van der Waals surface area (Å²) in [6, 6.07) is 0. The van der Waals surface area contributed by atoms with E-state index in [1.54, 1.807) is 0 Å². The van der Waals surface area contributed by atoms with Crippen molar-refractivity contribution in [1.82, 2.24) is 29.7 Å². The van der Waals surface area contributed by atoms with Crippen LogP contribution in [0.4, 0.5) is 5.95 Å². The molecule has 0 saturated heterocycles. The molecule has 4 N–H and O–H groups in total. The van der Waals surface area contributed by atoms with Crippen LogP contribution < -0.4 is 11.3 Å². The van der Waals surface area contributed by atoms with Gasteiger partial charge in [-0.05, 0) is 6.42 Å². The second kappa shape index (κ2) is 6.41. The molecule has 10 heteroatoms. The summed E-state index contributed by atoms with van der Waals surface area (Å²) in [5, 5.41) is 13.5. The summed E-state index contributed by atoms with van der Waals surface area (Å²) >= 11 is 1.43. The number of rotatable bonds is 6. The zero-order chi connectivity index (χ0) is 13.7. The SMILES string of the molecule is CC(CCO)Sc1nc(NN)nc(-n2cncn2)n1. The van der Waals surface area contributed by atoms with Crippen molar-refractivity contribution in [3.8, 4) is 5.95 Å². The van der Waals surface area contributed by atoms with Crippen LogP contribution in [-0.4, -0.2) is 46.7 Å². The second-order valence-electron chi connectivity index (χ2n) is 3.67. The number of aliphatic hydroxyl groups is 1. The molecule has 0 aliphatic rings. The molecule has 0 aliphatic heterocycles. The van der Waals surface area contributed by atoms with Gasteiger partial charge in [-0.15, -0.1) is 0 Å². The number of hydrogen-bond donors (Lipinski definition) is 3. The molecule has 2 rings (SSSR count). The summed E-state index contributed by atoms with van der Waals surface area (Å²) in [6.45, 7) is 2.10. The van der Waals surface area contributed by atoms with Gasteiger partial charge in [0.25, 0.3) is 5.95 Å². The predicted octanol–water partition coefficient (Wildman–Crippen LogP) is -0.399. The fraction of sp³-hybridized carbons (Fsp3) is 0.444. The minimum Gasteiger partial charge on any atom is -0.396 e. The van der Waals surface area contributed by atoms with Gasteiger partial charge in [0.2, 0.25) is 5.95 Å². The van der Waals surface area contributed by atoms with Gasteiger partial charge in [0.1, 0.15) is 12.7 Å². The van der Waals surface area contributed by atoms with E-state index in [0.29, 0.717) is 17.5 Å². The number of nitrogen functional groups attached to an aromatic ring is 1. The second-order valence-corrected chi connectivity index (χ2v) is 5.07. The summed E-state index contributed by atoms with van der Waals surface area (Å²) in [7, 11) is 0. The number of aliphatic hydroxyl groups excluding tert-OH is 1. The maximum atomic E-state index is 8.90. The fourth-order valence-corrected chi connectivity index (χ4v) is 2.15. The van der Waals surface area contributed by atoms with Gasteiger partial charge in [0.05, 0.1) is 0 Å². The number of thioether (sulfide) groups is 1. The third-order valence-electron chi connectivity index (χ3n) is 2.20. The van der Waals surface area contributed by atoms with E-state index >= 15 is 0 Å². The Morgan fingerprint density at radius 2 is 2.32 bits per heavy atom. The Kier molecular flexibility index (Phi) is 4.60. The van der Waals surface area contributed by atoms with Gasteiger partial charge in [0, 0.05) is 11.9 Å². The van der Waals surface area contributed by atoms with Crippen molar-refractivity contribution < 1.29 is 5.11 Å². The van der Waals surface area contributed by atoms with Crippen molar-refractivity contribution in [2.75, 3.05) is 12.0 Å². The molecule has 102 valence electrons. The Bertz CT molecular complexity index is 519. The summed E-state index contributed by atoms with van der Waals surface area (Å²) < 4.78 is 1.42. The van der Waals surface area contributed by atoms with Gasteiger partial charge >= 0.3 is 0 Å². The highest BCUT2D eigenvalue weighted by molar-refractivity contribution is 7.99. The molecule has 0 aromatic carbocycles. The third-order valence-corrected chi connectivity index (χ3v) is 3.23. The van der Waals surface area contributed by atoms with E-state index in [1.165, 1.54) is 29.1 Å². The number of nitrogens with two attached hydrogens (primary N) is 1. The van der Waals surface area contributed by atoms with Crippen LogP contribution in [0.5, 0.6) is 0 Å². The molecule has 0 fully saturated rings. The largest absolute Gasteiger partial charge is 0.396 e. The molecular formula is C9H14N8OS. The van der Waals surface area contributed by atoms with Gasteiger partial charge in [-0.3, -0.25) is 5.43 Å². The van der Waals surface area contributed by atoms with Gasteiger partial charge in [0.15, 0.2) is 5.16 Å². The minimum absolute atomic E-state index is 0.122. The molecule has 9 nitrogen and oxygen atoms in total. The minimum atomic E-state index is 0.122. The Hall–Kier alpha value is -1.78. The predicted molar refractivity (Wildman–Crippen MR) is 69.6 cm³/mol. The number of hydrazine groups is 1. The van der Waals surface area contributed by atoms with Gasteiger partial charge in [-0.2, -0.15) is 24.7 Å². The topological polar surface area (TPSA) is 128 Å². The molecule has 0 amide bonds. The van der Waals surface area contributed by atoms with Gasteiger partial charge in [-0.25, -0.2) is 10.8 Å². The maximum absolute atomic E-state index is 8.90. The number of nitrogens with zero attached hydrogens (tertiary/aromatic N) is 6. The van der Waals surface area contributed by atoms with Crippen LogP contribution >= 0.6 is 11.8 Å². The molecule has 1 unspecified atom stereocenters. The van der Waals surface area contributed by atoms with E-state index in [1.807, 2.05) is 6.92 Å². The molecule has 19 heavy (non-hydrogen) atoms. The van der Waals surface area contributed by atoms with E-state index in [2.05, 4.69) is 30.5 Å². The number of aromatic nitrogens is 6. The smallest absolute Gasteiger partial charge is 0.257 e. The molecule has 0 spiro atoms. The average Bonchev–Trinajstić information content (AvgIpc) is 2.92. The molecule has 1 atom stereocenters. The molecule has 0 saturated carbocycles. The molecular weight excluding hydrogens is 268 g/mol. The van der Waals surface area contributed by atoms with E-state index in [0.717, 1.165) is 0 Å². The van der Waals surface area contributed by atoms with E-state index in [4.69, 9.17) is 10.9 Å². The summed E-state index contributed by atoms with van der Waals surface area (Å²) in [5.41, 5.74) is 2.39. The number of anilines is 1. The normalized spacial score (nSPS) is 12.4. The molecule has 0 bridgehead atoms. The van der Waals surface area contributed by atoms with E-state index in [-0.39, 0.29) is 17.8 Å². The van der Waals surface area contributed by atoms with Crippen molar-refractivity contribution in [2.45, 2.75) is 23.8 Å². The Balaban J connectivity index is 2.26. The summed E-state index contributed by atoms with van der Waals surface area (Å²) in [4.78, 5) is 16.3. The lowest BCUT2D eigenvalue weighted by Crippen LogP contribution is -2.15. The van der Waals surface area contributed by atoms with Crippen molar-refractivity contribution >= 4 is 17.7 Å². The number of hydrogen-bond acceptors (Lipinski definition) is 9. The maximum Gasteiger partial charge on any atom is 0.257 e. The van der Waals surface area contributed by atoms with Crippen LogP contribution in [0.1, 0.15) is 13.3 Å². The summed E-state index contributed by atoms with van der Waals surface area (Å²) in [5.74, 6) is 5.91. The molecule has 2 heterocycles. The Morgan fingerprint density at radius 1 is 1.47 bits per heavy atom. The quantitative estimate of drug-likeness (QED) is 0.368. The number of nitrogens with one attached hydrogen (secondary N) is 1. The lowest BCUT2D eigenvalue weighted by molar-refractivity contribution is 0.289. The van der Waals surface area contributed by atoms with Crippen LogP contribution in [0, 0.1) is 0 Å². The van der Waals surface area contributed by atoms with Crippen LogP contribution in [0.25, 0.3) is 5.95 Å². The highest BCUT2D eigenvalue weighted by atomic mass is 32.2. The Morgan fingerprint density at radius 3 is 2.95 bits per heavy atom. The molecule has 0 aliphatic carbocycles. The first-order chi connectivity index (χ1) is 9.22. The first-order valence-electron chi connectivity index (χ1n) is 5.58. The molecule has 2 aromatic rings. The first kappa shape index (κ1) is 13.6. The van der Waals surface area contributed by atoms with Crippen molar-refractivity contribution in [2.24, 2.45) is 5.84 Å². The lowest BCUT2D eigenvalue weighted by Gasteiger charge is -2.09. The monoisotopic (exact) mass is 282 g/mol. The zero-order valence-corrected chi connectivity index (χ0v) is 11.1. The van der Waals surface area contributed by atoms with Crippen molar-refractivity contribution in [1.29, 1.82) is 0 Å². The lowest BCUT2D eigenvalue weighted by atomic mass is 10.4. The molecule has 0 radical (unpaired) electrons. The third kappa shape index (κ3) is 3.59. The summed E-state index contributed by atoms with van der Waals surface area (Å²) in [6.07, 6.45) is 3.53. The van der Waals surface area contributed by atoms with Crippen LogP contribution in [-0.2, 0) is 0 Å². The highest BCUT2D eigenvalue weighted by Gasteiger charge is 2.11. The zero-order valence-electron chi connectivity index (χ0n) is 10.3. The van der Waals surface area contributed by atoms with E-state index in [9.17, 15) is 0 Å². The first-order valence-corrected chi connectivity index (χ1v) is 6.46. The van der Waals surface area contributed by atoms with Crippen LogP contribution in [0.3, 0.4) is 0 Å². The van der Waals surface area contributed by atoms with Crippen LogP contribution in [0.15, 0.2) is 17.8 Å². The van der Waals surface area contributed by atoms with Crippen LogP contribution in [0.2, 0.25) is 0 Å². The average molecular weight is 282 g/mol. The van der Waals surface area contributed by atoms with Gasteiger partial charge < -0.3 is 5.11 Å². The van der Waals surface area contributed by atoms with Crippen molar-refractivity contribution in [3.05, 3.63) is 12.7 Å².